The molecule has 0 spiro atoms. The highest BCUT2D eigenvalue weighted by molar-refractivity contribution is 8.17. The van der Waals surface area contributed by atoms with Crippen LogP contribution < -0.4 is 4.74 Å². The number of thiol groups is 1. The predicted octanol–water partition coefficient (Wildman–Crippen LogP) is 5.45. The third kappa shape index (κ3) is 3.44. The standard InChI is InChI=1S/C19H24OS/c1-20-16-12-14-19(15-13-16)21(17-8-4-2-5-9-17)18-10-6-3-7-11-18/h2,4-5,8-9,12-15,18,21H,3,6-7,10-11H2,1H3. The molecule has 1 unspecified atom stereocenters. The van der Waals surface area contributed by atoms with Crippen LogP contribution in [0.25, 0.3) is 0 Å². The molecule has 1 aliphatic carbocycles. The number of benzene rings is 2. The van der Waals surface area contributed by atoms with E-state index in [0.717, 1.165) is 11.0 Å². The molecule has 0 heterocycles. The molecule has 0 bridgehead atoms. The summed E-state index contributed by atoms with van der Waals surface area (Å²) < 4.78 is 5.31. The summed E-state index contributed by atoms with van der Waals surface area (Å²) in [5.41, 5.74) is 0. The molecular weight excluding hydrogens is 276 g/mol. The first-order valence-electron chi connectivity index (χ1n) is 7.87. The van der Waals surface area contributed by atoms with Crippen LogP contribution in [-0.2, 0) is 0 Å². The Balaban J connectivity index is 1.94. The highest BCUT2D eigenvalue weighted by Crippen LogP contribution is 2.52. The summed E-state index contributed by atoms with van der Waals surface area (Å²) in [5.74, 6) is 0.949. The monoisotopic (exact) mass is 300 g/mol. The number of hydrogen-bond donors (Lipinski definition) is 1. The van der Waals surface area contributed by atoms with Crippen molar-refractivity contribution in [2.45, 2.75) is 47.1 Å². The van der Waals surface area contributed by atoms with Crippen molar-refractivity contribution >= 4 is 10.9 Å². The Labute approximate surface area is 130 Å². The van der Waals surface area contributed by atoms with Gasteiger partial charge in [0, 0.05) is 0 Å². The van der Waals surface area contributed by atoms with Gasteiger partial charge in [0.25, 0.3) is 0 Å². The van der Waals surface area contributed by atoms with Crippen LogP contribution >= 0.6 is 10.9 Å². The van der Waals surface area contributed by atoms with Gasteiger partial charge in [-0.2, -0.15) is 10.9 Å². The molecule has 3 rings (SSSR count). The second-order valence-corrected chi connectivity index (χ2v) is 8.20. The van der Waals surface area contributed by atoms with Gasteiger partial charge in [-0.05, 0) is 64.3 Å². The minimum atomic E-state index is -0.242. The van der Waals surface area contributed by atoms with Crippen molar-refractivity contribution < 1.29 is 4.74 Å². The van der Waals surface area contributed by atoms with Crippen LogP contribution in [-0.4, -0.2) is 12.4 Å². The molecular formula is C19H24OS. The normalized spacial score (nSPS) is 18.2. The van der Waals surface area contributed by atoms with E-state index in [9.17, 15) is 0 Å². The molecule has 1 nitrogen and oxygen atoms in total. The minimum absolute atomic E-state index is 0.242. The molecule has 21 heavy (non-hydrogen) atoms. The zero-order valence-electron chi connectivity index (χ0n) is 12.7. The Morgan fingerprint density at radius 3 is 2.05 bits per heavy atom. The van der Waals surface area contributed by atoms with Crippen LogP contribution in [0.5, 0.6) is 5.75 Å². The van der Waals surface area contributed by atoms with E-state index in [1.807, 2.05) is 0 Å². The third-order valence-corrected chi connectivity index (χ3v) is 7.28. The van der Waals surface area contributed by atoms with Crippen molar-refractivity contribution in [1.82, 2.24) is 0 Å². The van der Waals surface area contributed by atoms with Gasteiger partial charge >= 0.3 is 0 Å². The maximum absolute atomic E-state index is 5.31. The highest BCUT2D eigenvalue weighted by atomic mass is 32.2. The molecule has 112 valence electrons. The summed E-state index contributed by atoms with van der Waals surface area (Å²) in [4.78, 5) is 3.01. The van der Waals surface area contributed by atoms with Crippen molar-refractivity contribution in [2.24, 2.45) is 0 Å². The summed E-state index contributed by atoms with van der Waals surface area (Å²) in [6, 6.07) is 19.8. The molecule has 2 heteroatoms. The lowest BCUT2D eigenvalue weighted by molar-refractivity contribution is 0.414. The number of ether oxygens (including phenoxy) is 1. The average molecular weight is 300 g/mol. The number of hydrogen-bond acceptors (Lipinski definition) is 1. The predicted molar refractivity (Wildman–Crippen MR) is 91.8 cm³/mol. The first kappa shape index (κ1) is 14.5. The Morgan fingerprint density at radius 2 is 1.43 bits per heavy atom. The van der Waals surface area contributed by atoms with Gasteiger partial charge in [0.1, 0.15) is 5.75 Å². The van der Waals surface area contributed by atoms with Gasteiger partial charge in [0.2, 0.25) is 0 Å². The van der Waals surface area contributed by atoms with Gasteiger partial charge in [-0.3, -0.25) is 0 Å². The molecule has 0 aromatic heterocycles. The van der Waals surface area contributed by atoms with Gasteiger partial charge in [-0.1, -0.05) is 37.5 Å². The van der Waals surface area contributed by atoms with Gasteiger partial charge in [0.15, 0.2) is 0 Å². The Morgan fingerprint density at radius 1 is 0.810 bits per heavy atom. The van der Waals surface area contributed by atoms with E-state index in [0.29, 0.717) is 0 Å². The van der Waals surface area contributed by atoms with E-state index in [4.69, 9.17) is 4.74 Å². The minimum Gasteiger partial charge on any atom is -0.497 e. The van der Waals surface area contributed by atoms with Crippen LogP contribution in [0.4, 0.5) is 0 Å². The fourth-order valence-electron chi connectivity index (χ4n) is 3.24. The first-order valence-corrected chi connectivity index (χ1v) is 9.28. The average Bonchev–Trinajstić information content (AvgIpc) is 2.58. The summed E-state index contributed by atoms with van der Waals surface area (Å²) >= 11 is 0. The number of rotatable bonds is 4. The fourth-order valence-corrected chi connectivity index (χ4v) is 6.23. The number of methoxy groups -OCH3 is 1. The summed E-state index contributed by atoms with van der Waals surface area (Å²) in [5, 5.41) is 0.838. The Hall–Kier alpha value is -1.41. The van der Waals surface area contributed by atoms with Crippen molar-refractivity contribution in [3.05, 3.63) is 54.6 Å². The molecule has 1 atom stereocenters. The SMILES string of the molecule is COc1ccc([SH](c2ccccc2)C2CCCCC2)cc1. The molecule has 0 saturated heterocycles. The molecule has 1 fully saturated rings. The van der Waals surface area contributed by atoms with Crippen LogP contribution in [0.2, 0.25) is 0 Å². The Kier molecular flexibility index (Phi) is 4.87. The molecule has 2 aromatic rings. The van der Waals surface area contributed by atoms with Crippen molar-refractivity contribution in [1.29, 1.82) is 0 Å². The maximum Gasteiger partial charge on any atom is 0.118 e. The van der Waals surface area contributed by atoms with E-state index in [2.05, 4.69) is 54.6 Å². The quantitative estimate of drug-likeness (QED) is 0.739. The van der Waals surface area contributed by atoms with E-state index < -0.39 is 0 Å². The fraction of sp³-hybridized carbons (Fsp3) is 0.368. The molecule has 0 amide bonds. The van der Waals surface area contributed by atoms with Gasteiger partial charge < -0.3 is 4.74 Å². The Bertz CT molecular complexity index is 544. The lowest BCUT2D eigenvalue weighted by Crippen LogP contribution is -2.13. The second kappa shape index (κ2) is 7.04. The zero-order chi connectivity index (χ0) is 14.5. The molecule has 1 aliphatic rings. The van der Waals surface area contributed by atoms with Crippen molar-refractivity contribution in [2.75, 3.05) is 7.11 Å². The van der Waals surface area contributed by atoms with Crippen molar-refractivity contribution in [3.8, 4) is 5.75 Å². The van der Waals surface area contributed by atoms with E-state index in [-0.39, 0.29) is 10.9 Å². The smallest absolute Gasteiger partial charge is 0.118 e. The summed E-state index contributed by atoms with van der Waals surface area (Å²) in [7, 11) is 1.49. The van der Waals surface area contributed by atoms with Gasteiger partial charge in [-0.15, -0.1) is 0 Å². The molecule has 0 N–H and O–H groups in total. The maximum atomic E-state index is 5.31. The molecule has 2 aromatic carbocycles. The second-order valence-electron chi connectivity index (χ2n) is 5.70. The topological polar surface area (TPSA) is 9.23 Å². The third-order valence-electron chi connectivity index (χ3n) is 4.32. The van der Waals surface area contributed by atoms with Crippen LogP contribution in [0.15, 0.2) is 64.4 Å². The lowest BCUT2D eigenvalue weighted by Gasteiger charge is -2.34. The van der Waals surface area contributed by atoms with E-state index >= 15 is 0 Å². The summed E-state index contributed by atoms with van der Waals surface area (Å²) in [6.45, 7) is 0. The van der Waals surface area contributed by atoms with E-state index in [1.165, 1.54) is 41.9 Å². The molecule has 0 aliphatic heterocycles. The van der Waals surface area contributed by atoms with E-state index in [1.54, 1.807) is 7.11 Å². The highest BCUT2D eigenvalue weighted by Gasteiger charge is 2.23. The summed E-state index contributed by atoms with van der Waals surface area (Å²) in [6.07, 6.45) is 6.97. The molecule has 0 radical (unpaired) electrons. The lowest BCUT2D eigenvalue weighted by atomic mass is 10.0. The van der Waals surface area contributed by atoms with Crippen molar-refractivity contribution in [3.63, 3.8) is 0 Å². The van der Waals surface area contributed by atoms with Gasteiger partial charge in [0.05, 0.1) is 7.11 Å². The zero-order valence-corrected chi connectivity index (χ0v) is 13.6. The van der Waals surface area contributed by atoms with Crippen LogP contribution in [0, 0.1) is 0 Å². The van der Waals surface area contributed by atoms with Crippen LogP contribution in [0.3, 0.4) is 0 Å². The van der Waals surface area contributed by atoms with Gasteiger partial charge in [-0.25, -0.2) is 0 Å². The molecule has 1 saturated carbocycles. The largest absolute Gasteiger partial charge is 0.497 e. The first-order chi connectivity index (χ1) is 10.4. The van der Waals surface area contributed by atoms with Crippen LogP contribution in [0.1, 0.15) is 32.1 Å².